The first-order valence-electron chi connectivity index (χ1n) is 8.04. The third-order valence-electron chi connectivity index (χ3n) is 4.14. The van der Waals surface area contributed by atoms with Crippen molar-refractivity contribution in [3.8, 4) is 5.75 Å². The monoisotopic (exact) mass is 357 g/mol. The Kier molecular flexibility index (Phi) is 5.28. The molecule has 6 heteroatoms. The number of aryl methyl sites for hydroxylation is 1. The first-order valence-corrected chi connectivity index (χ1v) is 8.92. The van der Waals surface area contributed by atoms with Crippen LogP contribution in [0, 0.1) is 0 Å². The summed E-state index contributed by atoms with van der Waals surface area (Å²) in [5.41, 5.74) is 1.98. The molecule has 0 radical (unpaired) electrons. The highest BCUT2D eigenvalue weighted by Crippen LogP contribution is 2.38. The van der Waals surface area contributed by atoms with Crippen molar-refractivity contribution in [3.05, 3.63) is 53.6 Å². The molecule has 0 bridgehead atoms. The van der Waals surface area contributed by atoms with Crippen LogP contribution in [0.4, 0.5) is 5.69 Å². The number of carbonyl (C=O) groups excluding carboxylic acids is 1. The van der Waals surface area contributed by atoms with Crippen molar-refractivity contribution >= 4 is 29.3 Å². The van der Waals surface area contributed by atoms with E-state index in [-0.39, 0.29) is 16.7 Å². The molecule has 1 aliphatic heterocycles. The van der Waals surface area contributed by atoms with Crippen LogP contribution in [0.5, 0.6) is 5.75 Å². The SMILES string of the molecule is COc1ccc(CCC[C@@H]2Sc3ccc(C(=O)O)cc3NC2=O)cc1. The average Bonchev–Trinajstić information content (AvgIpc) is 2.62. The normalized spacial score (nSPS) is 16.0. The minimum atomic E-state index is -0.997. The molecule has 0 aliphatic carbocycles. The fraction of sp³-hybridized carbons (Fsp3) is 0.263. The molecule has 5 nitrogen and oxygen atoms in total. The van der Waals surface area contributed by atoms with Crippen molar-refractivity contribution < 1.29 is 19.4 Å². The number of hydrogen-bond acceptors (Lipinski definition) is 4. The third kappa shape index (κ3) is 4.14. The van der Waals surface area contributed by atoms with Crippen LogP contribution in [0.3, 0.4) is 0 Å². The lowest BCUT2D eigenvalue weighted by molar-refractivity contribution is -0.115. The predicted octanol–water partition coefficient (Wildman–Crippen LogP) is 3.83. The summed E-state index contributed by atoms with van der Waals surface area (Å²) in [6.07, 6.45) is 2.57. The van der Waals surface area contributed by atoms with E-state index in [9.17, 15) is 9.59 Å². The molecule has 0 saturated heterocycles. The predicted molar refractivity (Wildman–Crippen MR) is 97.6 cm³/mol. The Labute approximate surface area is 150 Å². The molecule has 1 atom stereocenters. The lowest BCUT2D eigenvalue weighted by atomic mass is 10.1. The largest absolute Gasteiger partial charge is 0.497 e. The van der Waals surface area contributed by atoms with Crippen LogP contribution in [0.25, 0.3) is 0 Å². The van der Waals surface area contributed by atoms with Crippen molar-refractivity contribution in [1.82, 2.24) is 0 Å². The van der Waals surface area contributed by atoms with Crippen LogP contribution in [0.2, 0.25) is 0 Å². The Morgan fingerprint density at radius 2 is 2.00 bits per heavy atom. The fourth-order valence-electron chi connectivity index (χ4n) is 2.76. The van der Waals surface area contributed by atoms with Crippen molar-refractivity contribution in [2.75, 3.05) is 12.4 Å². The van der Waals surface area contributed by atoms with Crippen molar-refractivity contribution in [3.63, 3.8) is 0 Å². The van der Waals surface area contributed by atoms with Crippen molar-refractivity contribution in [1.29, 1.82) is 0 Å². The average molecular weight is 357 g/mol. The van der Waals surface area contributed by atoms with Gasteiger partial charge in [-0.3, -0.25) is 4.79 Å². The van der Waals surface area contributed by atoms with E-state index < -0.39 is 5.97 Å². The molecule has 130 valence electrons. The first kappa shape index (κ1) is 17.4. The van der Waals surface area contributed by atoms with Gasteiger partial charge in [-0.15, -0.1) is 11.8 Å². The van der Waals surface area contributed by atoms with Gasteiger partial charge >= 0.3 is 5.97 Å². The highest BCUT2D eigenvalue weighted by Gasteiger charge is 2.27. The van der Waals surface area contributed by atoms with E-state index in [4.69, 9.17) is 9.84 Å². The Morgan fingerprint density at radius 3 is 2.68 bits per heavy atom. The van der Waals surface area contributed by atoms with Crippen LogP contribution in [0.1, 0.15) is 28.8 Å². The number of fused-ring (bicyclic) bond motifs is 1. The number of carbonyl (C=O) groups is 2. The topological polar surface area (TPSA) is 75.6 Å². The molecule has 2 aromatic rings. The summed E-state index contributed by atoms with van der Waals surface area (Å²) < 4.78 is 5.15. The molecular weight excluding hydrogens is 338 g/mol. The number of amides is 1. The van der Waals surface area contributed by atoms with E-state index in [0.717, 1.165) is 29.9 Å². The highest BCUT2D eigenvalue weighted by molar-refractivity contribution is 8.01. The summed E-state index contributed by atoms with van der Waals surface area (Å²) in [6.45, 7) is 0. The number of carboxylic acids is 1. The van der Waals surface area contributed by atoms with E-state index in [1.165, 1.54) is 23.4 Å². The van der Waals surface area contributed by atoms with E-state index in [1.807, 2.05) is 24.3 Å². The van der Waals surface area contributed by atoms with Gasteiger partial charge in [-0.05, 0) is 55.2 Å². The minimum absolute atomic E-state index is 0.0604. The minimum Gasteiger partial charge on any atom is -0.497 e. The van der Waals surface area contributed by atoms with Crippen molar-refractivity contribution in [2.24, 2.45) is 0 Å². The Morgan fingerprint density at radius 1 is 1.24 bits per heavy atom. The Bertz CT molecular complexity index is 789. The highest BCUT2D eigenvalue weighted by atomic mass is 32.2. The molecule has 1 aliphatic rings. The van der Waals surface area contributed by atoms with Gasteiger partial charge in [0.25, 0.3) is 0 Å². The van der Waals surface area contributed by atoms with E-state index in [2.05, 4.69) is 5.32 Å². The second kappa shape index (κ2) is 7.61. The lowest BCUT2D eigenvalue weighted by Crippen LogP contribution is -2.29. The number of carboxylic acid groups (broad SMARTS) is 1. The number of thioether (sulfide) groups is 1. The smallest absolute Gasteiger partial charge is 0.335 e. The number of hydrogen-bond donors (Lipinski definition) is 2. The number of benzene rings is 2. The summed E-state index contributed by atoms with van der Waals surface area (Å²) >= 11 is 1.50. The summed E-state index contributed by atoms with van der Waals surface area (Å²) in [6, 6.07) is 12.8. The van der Waals surface area contributed by atoms with Gasteiger partial charge in [0.2, 0.25) is 5.91 Å². The van der Waals surface area contributed by atoms with E-state index in [1.54, 1.807) is 19.2 Å². The Balaban J connectivity index is 1.58. The second-order valence-electron chi connectivity index (χ2n) is 5.85. The number of ether oxygens (including phenoxy) is 1. The molecule has 0 saturated carbocycles. The summed E-state index contributed by atoms with van der Waals surface area (Å²) in [7, 11) is 1.64. The van der Waals surface area contributed by atoms with Crippen LogP contribution >= 0.6 is 11.8 Å². The maximum Gasteiger partial charge on any atom is 0.335 e. The lowest BCUT2D eigenvalue weighted by Gasteiger charge is -2.24. The van der Waals surface area contributed by atoms with Crippen LogP contribution < -0.4 is 10.1 Å². The van der Waals surface area contributed by atoms with E-state index in [0.29, 0.717) is 5.69 Å². The number of nitrogens with one attached hydrogen (secondary N) is 1. The fourth-order valence-corrected chi connectivity index (χ4v) is 3.90. The van der Waals surface area contributed by atoms with E-state index >= 15 is 0 Å². The van der Waals surface area contributed by atoms with Crippen LogP contribution in [0.15, 0.2) is 47.4 Å². The number of rotatable bonds is 6. The molecule has 0 aromatic heterocycles. The standard InChI is InChI=1S/C19H19NO4S/c1-24-14-8-5-12(6-9-14)3-2-4-17-18(21)20-15-11-13(19(22)23)7-10-16(15)25-17/h5-11,17H,2-4H2,1H3,(H,20,21)(H,22,23)/t17-/m0/s1. The quantitative estimate of drug-likeness (QED) is 0.822. The van der Waals surface area contributed by atoms with Gasteiger partial charge in [-0.2, -0.15) is 0 Å². The molecule has 1 heterocycles. The Hall–Kier alpha value is -2.47. The van der Waals surface area contributed by atoms with Gasteiger partial charge in [-0.1, -0.05) is 12.1 Å². The zero-order valence-corrected chi connectivity index (χ0v) is 14.6. The molecular formula is C19H19NO4S. The van der Waals surface area contributed by atoms with Gasteiger partial charge in [0.15, 0.2) is 0 Å². The molecule has 1 amide bonds. The molecule has 0 spiro atoms. The third-order valence-corrected chi connectivity index (χ3v) is 5.48. The van der Waals surface area contributed by atoms with Crippen LogP contribution in [-0.2, 0) is 11.2 Å². The van der Waals surface area contributed by atoms with Gasteiger partial charge in [0, 0.05) is 4.90 Å². The molecule has 2 N–H and O–H groups in total. The molecule has 3 rings (SSSR count). The number of methoxy groups -OCH3 is 1. The molecule has 0 fully saturated rings. The summed E-state index contributed by atoms with van der Waals surface area (Å²) in [4.78, 5) is 24.2. The van der Waals surface area contributed by atoms with Crippen LogP contribution in [-0.4, -0.2) is 29.3 Å². The zero-order chi connectivity index (χ0) is 17.8. The molecule has 25 heavy (non-hydrogen) atoms. The molecule has 0 unspecified atom stereocenters. The van der Waals surface area contributed by atoms with Crippen molar-refractivity contribution in [2.45, 2.75) is 29.4 Å². The van der Waals surface area contributed by atoms with Gasteiger partial charge < -0.3 is 15.2 Å². The van der Waals surface area contributed by atoms with Gasteiger partial charge in [-0.25, -0.2) is 4.79 Å². The number of aromatic carboxylic acids is 1. The maximum atomic E-state index is 12.3. The first-order chi connectivity index (χ1) is 12.1. The number of anilines is 1. The summed E-state index contributed by atoms with van der Waals surface area (Å²) in [5.74, 6) is -0.221. The van der Waals surface area contributed by atoms with Gasteiger partial charge in [0.05, 0.1) is 23.6 Å². The second-order valence-corrected chi connectivity index (χ2v) is 7.10. The van der Waals surface area contributed by atoms with Gasteiger partial charge in [0.1, 0.15) is 5.75 Å². The summed E-state index contributed by atoms with van der Waals surface area (Å²) in [5, 5.41) is 11.7. The molecule has 2 aromatic carbocycles. The maximum absolute atomic E-state index is 12.3. The zero-order valence-electron chi connectivity index (χ0n) is 13.8.